The summed E-state index contributed by atoms with van der Waals surface area (Å²) in [5.41, 5.74) is 6.12. The summed E-state index contributed by atoms with van der Waals surface area (Å²) in [7, 11) is 0. The van der Waals surface area contributed by atoms with Gasteiger partial charge in [0.15, 0.2) is 0 Å². The number of hydrogen-bond donors (Lipinski definition) is 1. The number of piperazine rings is 1. The Bertz CT molecular complexity index is 560. The van der Waals surface area contributed by atoms with Gasteiger partial charge in [-0.2, -0.15) is 0 Å². The number of hydrogen-bond acceptors (Lipinski definition) is 4. The molecule has 0 atom stereocenters. The molecule has 0 radical (unpaired) electrons. The Kier molecular flexibility index (Phi) is 4.59. The van der Waals surface area contributed by atoms with Gasteiger partial charge in [0.2, 0.25) is 0 Å². The van der Waals surface area contributed by atoms with E-state index in [4.69, 9.17) is 5.73 Å². The van der Waals surface area contributed by atoms with E-state index in [9.17, 15) is 4.79 Å². The van der Waals surface area contributed by atoms with Gasteiger partial charge in [0.05, 0.1) is 17.0 Å². The van der Waals surface area contributed by atoms with Crippen molar-refractivity contribution in [3.05, 3.63) is 21.9 Å². The van der Waals surface area contributed by atoms with Crippen LogP contribution in [0.1, 0.15) is 28.1 Å². The lowest BCUT2D eigenvalue weighted by Gasteiger charge is -2.34. The standard InChI is InChI=1S/C16H21N3OS/c17-5-1-2-15-10-14(12-21-15)16(20)19-8-6-18(7-9-19)11-13-3-4-13/h10,12-13H,3-9,11,17H2. The van der Waals surface area contributed by atoms with Crippen molar-refractivity contribution in [3.8, 4) is 11.8 Å². The van der Waals surface area contributed by atoms with Crippen LogP contribution >= 0.6 is 11.3 Å². The normalized spacial score (nSPS) is 19.2. The van der Waals surface area contributed by atoms with Gasteiger partial charge in [0, 0.05) is 38.1 Å². The fourth-order valence-corrected chi connectivity index (χ4v) is 3.38. The van der Waals surface area contributed by atoms with Crippen molar-refractivity contribution in [1.82, 2.24) is 9.80 Å². The molecule has 0 bridgehead atoms. The van der Waals surface area contributed by atoms with Crippen molar-refractivity contribution in [2.24, 2.45) is 11.7 Å². The number of thiophene rings is 1. The highest BCUT2D eigenvalue weighted by atomic mass is 32.1. The number of amides is 1. The van der Waals surface area contributed by atoms with Crippen LogP contribution in [0.3, 0.4) is 0 Å². The van der Waals surface area contributed by atoms with Gasteiger partial charge in [-0.3, -0.25) is 9.69 Å². The Morgan fingerprint density at radius 2 is 2.10 bits per heavy atom. The summed E-state index contributed by atoms with van der Waals surface area (Å²) in [6.07, 6.45) is 2.78. The van der Waals surface area contributed by atoms with Crippen molar-refractivity contribution in [2.45, 2.75) is 12.8 Å². The van der Waals surface area contributed by atoms with Crippen LogP contribution in [-0.2, 0) is 0 Å². The Morgan fingerprint density at radius 1 is 1.33 bits per heavy atom. The van der Waals surface area contributed by atoms with E-state index < -0.39 is 0 Å². The van der Waals surface area contributed by atoms with E-state index in [0.717, 1.165) is 42.5 Å². The summed E-state index contributed by atoms with van der Waals surface area (Å²) in [6, 6.07) is 1.88. The van der Waals surface area contributed by atoms with Crippen LogP contribution in [-0.4, -0.2) is 55.0 Å². The van der Waals surface area contributed by atoms with Crippen molar-refractivity contribution in [1.29, 1.82) is 0 Å². The predicted octanol–water partition coefficient (Wildman–Crippen LogP) is 1.23. The summed E-state index contributed by atoms with van der Waals surface area (Å²) >= 11 is 1.51. The molecule has 2 aliphatic rings. The largest absolute Gasteiger partial charge is 0.336 e. The minimum Gasteiger partial charge on any atom is -0.336 e. The molecule has 21 heavy (non-hydrogen) atoms. The topological polar surface area (TPSA) is 49.6 Å². The SMILES string of the molecule is NCC#Cc1cc(C(=O)N2CCN(CC3CC3)CC2)cs1. The summed E-state index contributed by atoms with van der Waals surface area (Å²) in [5, 5.41) is 1.90. The highest BCUT2D eigenvalue weighted by Gasteiger charge is 2.28. The summed E-state index contributed by atoms with van der Waals surface area (Å²) in [5.74, 6) is 6.87. The molecule has 1 saturated heterocycles. The van der Waals surface area contributed by atoms with Crippen LogP contribution in [0.25, 0.3) is 0 Å². The zero-order valence-corrected chi connectivity index (χ0v) is 13.0. The molecule has 0 spiro atoms. The lowest BCUT2D eigenvalue weighted by Crippen LogP contribution is -2.49. The number of carbonyl (C=O) groups excluding carboxylic acids is 1. The Morgan fingerprint density at radius 3 is 2.76 bits per heavy atom. The van der Waals surface area contributed by atoms with Crippen LogP contribution < -0.4 is 5.73 Å². The molecule has 5 heteroatoms. The average molecular weight is 303 g/mol. The molecular weight excluding hydrogens is 282 g/mol. The lowest BCUT2D eigenvalue weighted by molar-refractivity contribution is 0.0632. The maximum absolute atomic E-state index is 12.5. The summed E-state index contributed by atoms with van der Waals surface area (Å²) < 4.78 is 0. The third-order valence-corrected chi connectivity index (χ3v) is 4.88. The highest BCUT2D eigenvalue weighted by molar-refractivity contribution is 7.10. The van der Waals surface area contributed by atoms with Crippen molar-refractivity contribution < 1.29 is 4.79 Å². The maximum atomic E-state index is 12.5. The van der Waals surface area contributed by atoms with Gasteiger partial charge in [-0.05, 0) is 24.8 Å². The maximum Gasteiger partial charge on any atom is 0.254 e. The Labute approximate surface area is 129 Å². The minimum absolute atomic E-state index is 0.137. The first-order valence-corrected chi connectivity index (χ1v) is 8.43. The molecule has 1 aromatic rings. The van der Waals surface area contributed by atoms with E-state index in [-0.39, 0.29) is 5.91 Å². The zero-order chi connectivity index (χ0) is 14.7. The van der Waals surface area contributed by atoms with Crippen molar-refractivity contribution in [2.75, 3.05) is 39.3 Å². The van der Waals surface area contributed by atoms with E-state index in [1.165, 1.54) is 30.7 Å². The van der Waals surface area contributed by atoms with Gasteiger partial charge < -0.3 is 10.6 Å². The highest BCUT2D eigenvalue weighted by Crippen LogP contribution is 2.30. The predicted molar refractivity (Wildman–Crippen MR) is 85.3 cm³/mol. The molecule has 4 nitrogen and oxygen atoms in total. The van der Waals surface area contributed by atoms with Crippen LogP contribution in [0, 0.1) is 17.8 Å². The van der Waals surface area contributed by atoms with E-state index in [1.807, 2.05) is 16.3 Å². The van der Waals surface area contributed by atoms with Gasteiger partial charge in [0.1, 0.15) is 0 Å². The molecule has 1 aliphatic carbocycles. The fraction of sp³-hybridized carbons (Fsp3) is 0.562. The number of rotatable bonds is 3. The third kappa shape index (κ3) is 3.85. The van der Waals surface area contributed by atoms with E-state index >= 15 is 0 Å². The van der Waals surface area contributed by atoms with E-state index in [1.54, 1.807) is 0 Å². The summed E-state index contributed by atoms with van der Waals surface area (Å²) in [4.78, 5) is 17.8. The second-order valence-corrected chi connectivity index (χ2v) is 6.65. The van der Waals surface area contributed by atoms with Crippen molar-refractivity contribution >= 4 is 17.2 Å². The first-order valence-electron chi connectivity index (χ1n) is 7.55. The van der Waals surface area contributed by atoms with E-state index in [2.05, 4.69) is 16.7 Å². The molecular formula is C16H21N3OS. The monoisotopic (exact) mass is 303 g/mol. The summed E-state index contributed by atoms with van der Waals surface area (Å²) in [6.45, 7) is 5.26. The van der Waals surface area contributed by atoms with Gasteiger partial charge in [-0.25, -0.2) is 0 Å². The Balaban J connectivity index is 1.54. The second-order valence-electron chi connectivity index (χ2n) is 5.74. The van der Waals surface area contributed by atoms with Crippen LogP contribution in [0.15, 0.2) is 11.4 Å². The van der Waals surface area contributed by atoms with Gasteiger partial charge >= 0.3 is 0 Å². The number of carbonyl (C=O) groups is 1. The van der Waals surface area contributed by atoms with E-state index in [0.29, 0.717) is 6.54 Å². The Hall–Kier alpha value is -1.35. The first-order chi connectivity index (χ1) is 10.3. The molecule has 1 aromatic heterocycles. The van der Waals surface area contributed by atoms with Gasteiger partial charge in [-0.15, -0.1) is 11.3 Å². The number of nitrogens with zero attached hydrogens (tertiary/aromatic N) is 2. The minimum atomic E-state index is 0.137. The molecule has 2 heterocycles. The molecule has 1 saturated carbocycles. The molecule has 1 amide bonds. The van der Waals surface area contributed by atoms with Gasteiger partial charge in [-0.1, -0.05) is 11.8 Å². The van der Waals surface area contributed by atoms with Crippen molar-refractivity contribution in [3.63, 3.8) is 0 Å². The molecule has 2 N–H and O–H groups in total. The van der Waals surface area contributed by atoms with Crippen LogP contribution in [0.2, 0.25) is 0 Å². The lowest BCUT2D eigenvalue weighted by atomic mass is 10.2. The first kappa shape index (κ1) is 14.6. The molecule has 0 aromatic carbocycles. The fourth-order valence-electron chi connectivity index (χ4n) is 2.63. The smallest absolute Gasteiger partial charge is 0.254 e. The number of nitrogens with two attached hydrogens (primary N) is 1. The molecule has 1 aliphatic heterocycles. The molecule has 2 fully saturated rings. The zero-order valence-electron chi connectivity index (χ0n) is 12.2. The second kappa shape index (κ2) is 6.61. The molecule has 3 rings (SSSR count). The third-order valence-electron chi connectivity index (χ3n) is 4.03. The average Bonchev–Trinajstić information content (AvgIpc) is 3.20. The van der Waals surface area contributed by atoms with Crippen LogP contribution in [0.4, 0.5) is 0 Å². The van der Waals surface area contributed by atoms with Crippen LogP contribution in [0.5, 0.6) is 0 Å². The molecule has 112 valence electrons. The molecule has 0 unspecified atom stereocenters. The quantitative estimate of drug-likeness (QED) is 0.855. The van der Waals surface area contributed by atoms with Gasteiger partial charge in [0.25, 0.3) is 5.91 Å².